The van der Waals surface area contributed by atoms with E-state index in [4.69, 9.17) is 0 Å². The van der Waals surface area contributed by atoms with E-state index in [1.165, 1.54) is 5.56 Å². The number of benzene rings is 3. The summed E-state index contributed by atoms with van der Waals surface area (Å²) < 4.78 is 0. The molecule has 2 atom stereocenters. The van der Waals surface area contributed by atoms with Gasteiger partial charge in [-0.15, -0.1) is 0 Å². The molecule has 0 bridgehead atoms. The van der Waals surface area contributed by atoms with Gasteiger partial charge in [0.15, 0.2) is 0 Å². The fraction of sp³-hybridized carbons (Fsp3) is 0.222. The standard InChI is InChI=1S/C27H25N3O3/c1-17-16-23(17)26(32)29-22-10-6-19(7-11-22)25(31)28-21-12-8-20(9-13-21)27(33)30-15-14-18-4-2-3-5-24(18)30/h2-13,17,23H,14-16H2,1H3,(H,28,31)(H,29,32). The monoisotopic (exact) mass is 439 g/mol. The van der Waals surface area contributed by atoms with E-state index in [-0.39, 0.29) is 23.6 Å². The average Bonchev–Trinajstić information content (AvgIpc) is 3.42. The highest BCUT2D eigenvalue weighted by Gasteiger charge is 2.39. The molecule has 1 fully saturated rings. The van der Waals surface area contributed by atoms with Crippen molar-refractivity contribution in [1.29, 1.82) is 0 Å². The number of para-hydroxylation sites is 1. The molecule has 0 saturated heterocycles. The van der Waals surface area contributed by atoms with Crippen LogP contribution in [0.1, 0.15) is 39.6 Å². The molecule has 2 unspecified atom stereocenters. The molecule has 1 heterocycles. The van der Waals surface area contributed by atoms with Gasteiger partial charge in [-0.05, 0) is 78.9 Å². The molecule has 3 aromatic carbocycles. The van der Waals surface area contributed by atoms with Crippen molar-refractivity contribution >= 4 is 34.8 Å². The summed E-state index contributed by atoms with van der Waals surface area (Å²) in [6.07, 6.45) is 1.79. The van der Waals surface area contributed by atoms with E-state index >= 15 is 0 Å². The normalized spacial score (nSPS) is 18.4. The Hall–Kier alpha value is -3.93. The van der Waals surface area contributed by atoms with Crippen LogP contribution in [0.5, 0.6) is 0 Å². The highest BCUT2D eigenvalue weighted by atomic mass is 16.2. The number of nitrogens with zero attached hydrogens (tertiary/aromatic N) is 1. The van der Waals surface area contributed by atoms with Crippen molar-refractivity contribution in [2.75, 3.05) is 22.1 Å². The molecular formula is C27H25N3O3. The molecule has 0 radical (unpaired) electrons. The third-order valence-corrected chi connectivity index (χ3v) is 6.38. The molecule has 0 aromatic heterocycles. The quantitative estimate of drug-likeness (QED) is 0.603. The van der Waals surface area contributed by atoms with E-state index < -0.39 is 0 Å². The lowest BCUT2D eigenvalue weighted by Crippen LogP contribution is -2.28. The summed E-state index contributed by atoms with van der Waals surface area (Å²) in [5.74, 6) is 0.282. The lowest BCUT2D eigenvalue weighted by Gasteiger charge is -2.17. The van der Waals surface area contributed by atoms with Crippen LogP contribution in [-0.4, -0.2) is 24.3 Å². The summed E-state index contributed by atoms with van der Waals surface area (Å²) in [5, 5.41) is 5.74. The summed E-state index contributed by atoms with van der Waals surface area (Å²) in [4.78, 5) is 39.4. The van der Waals surface area contributed by atoms with Gasteiger partial charge in [0.25, 0.3) is 11.8 Å². The molecule has 5 rings (SSSR count). The molecule has 1 saturated carbocycles. The number of anilines is 3. The van der Waals surface area contributed by atoms with E-state index in [0.717, 1.165) is 18.5 Å². The van der Waals surface area contributed by atoms with Crippen molar-refractivity contribution in [1.82, 2.24) is 0 Å². The van der Waals surface area contributed by atoms with Gasteiger partial charge in [-0.3, -0.25) is 14.4 Å². The number of carbonyl (C=O) groups is 3. The van der Waals surface area contributed by atoms with Gasteiger partial charge in [-0.25, -0.2) is 0 Å². The second-order valence-corrected chi connectivity index (χ2v) is 8.75. The second kappa shape index (κ2) is 8.54. The first-order valence-corrected chi connectivity index (χ1v) is 11.2. The first-order valence-electron chi connectivity index (χ1n) is 11.2. The van der Waals surface area contributed by atoms with Gasteiger partial charge in [0, 0.05) is 40.7 Å². The van der Waals surface area contributed by atoms with E-state index in [9.17, 15) is 14.4 Å². The van der Waals surface area contributed by atoms with Crippen molar-refractivity contribution < 1.29 is 14.4 Å². The Morgan fingerprint density at radius 2 is 1.42 bits per heavy atom. The van der Waals surface area contributed by atoms with E-state index in [1.807, 2.05) is 18.2 Å². The van der Waals surface area contributed by atoms with E-state index in [2.05, 4.69) is 23.6 Å². The van der Waals surface area contributed by atoms with Gasteiger partial charge in [-0.2, -0.15) is 0 Å². The van der Waals surface area contributed by atoms with Gasteiger partial charge >= 0.3 is 0 Å². The maximum Gasteiger partial charge on any atom is 0.258 e. The number of hydrogen-bond donors (Lipinski definition) is 2. The second-order valence-electron chi connectivity index (χ2n) is 8.75. The van der Waals surface area contributed by atoms with Crippen LogP contribution >= 0.6 is 0 Å². The van der Waals surface area contributed by atoms with Gasteiger partial charge in [0.1, 0.15) is 0 Å². The summed E-state index contributed by atoms with van der Waals surface area (Å²) in [5.41, 5.74) is 4.51. The molecule has 1 aliphatic carbocycles. The fourth-order valence-corrected chi connectivity index (χ4v) is 4.23. The molecule has 2 aliphatic rings. The van der Waals surface area contributed by atoms with Crippen LogP contribution in [0.4, 0.5) is 17.1 Å². The maximum absolute atomic E-state index is 12.9. The zero-order valence-electron chi connectivity index (χ0n) is 18.4. The summed E-state index contributed by atoms with van der Waals surface area (Å²) in [7, 11) is 0. The molecule has 166 valence electrons. The maximum atomic E-state index is 12.9. The first-order chi connectivity index (χ1) is 16.0. The number of amides is 3. The molecular weight excluding hydrogens is 414 g/mol. The van der Waals surface area contributed by atoms with E-state index in [0.29, 0.717) is 35.0 Å². The Bertz CT molecular complexity index is 1220. The van der Waals surface area contributed by atoms with Crippen molar-refractivity contribution in [3.05, 3.63) is 89.5 Å². The Kier molecular flexibility index (Phi) is 5.42. The van der Waals surface area contributed by atoms with Gasteiger partial charge < -0.3 is 15.5 Å². The fourth-order valence-electron chi connectivity index (χ4n) is 4.23. The molecule has 6 nitrogen and oxygen atoms in total. The Morgan fingerprint density at radius 1 is 0.818 bits per heavy atom. The predicted molar refractivity (Wildman–Crippen MR) is 129 cm³/mol. The summed E-state index contributed by atoms with van der Waals surface area (Å²) >= 11 is 0. The van der Waals surface area contributed by atoms with Crippen LogP contribution in [0, 0.1) is 11.8 Å². The summed E-state index contributed by atoms with van der Waals surface area (Å²) in [6.45, 7) is 2.73. The lowest BCUT2D eigenvalue weighted by atomic mass is 10.1. The minimum Gasteiger partial charge on any atom is -0.326 e. The van der Waals surface area contributed by atoms with Crippen LogP contribution in [-0.2, 0) is 11.2 Å². The number of nitrogens with one attached hydrogen (secondary N) is 2. The Morgan fingerprint density at radius 3 is 2.09 bits per heavy atom. The zero-order valence-corrected chi connectivity index (χ0v) is 18.4. The first kappa shape index (κ1) is 20.9. The van der Waals surface area contributed by atoms with Crippen molar-refractivity contribution in [3.8, 4) is 0 Å². The minimum atomic E-state index is -0.253. The average molecular weight is 440 g/mol. The van der Waals surface area contributed by atoms with E-state index in [1.54, 1.807) is 53.4 Å². The molecule has 2 N–H and O–H groups in total. The van der Waals surface area contributed by atoms with Gasteiger partial charge in [0.05, 0.1) is 0 Å². The van der Waals surface area contributed by atoms with Crippen molar-refractivity contribution in [3.63, 3.8) is 0 Å². The number of fused-ring (bicyclic) bond motifs is 1. The van der Waals surface area contributed by atoms with Crippen LogP contribution in [0.25, 0.3) is 0 Å². The number of carbonyl (C=O) groups excluding carboxylic acids is 3. The molecule has 3 amide bonds. The van der Waals surface area contributed by atoms with Crippen LogP contribution in [0.2, 0.25) is 0 Å². The SMILES string of the molecule is CC1CC1C(=O)Nc1ccc(C(=O)Nc2ccc(C(=O)N3CCc4ccccc43)cc2)cc1. The highest BCUT2D eigenvalue weighted by molar-refractivity contribution is 6.08. The van der Waals surface area contributed by atoms with Crippen molar-refractivity contribution in [2.45, 2.75) is 19.8 Å². The van der Waals surface area contributed by atoms with Crippen molar-refractivity contribution in [2.24, 2.45) is 11.8 Å². The molecule has 0 spiro atoms. The molecule has 6 heteroatoms. The largest absolute Gasteiger partial charge is 0.326 e. The van der Waals surface area contributed by atoms with Crippen LogP contribution in [0.15, 0.2) is 72.8 Å². The summed E-state index contributed by atoms with van der Waals surface area (Å²) in [6, 6.07) is 21.7. The van der Waals surface area contributed by atoms with Gasteiger partial charge in [-0.1, -0.05) is 25.1 Å². The van der Waals surface area contributed by atoms with Crippen LogP contribution in [0.3, 0.4) is 0 Å². The smallest absolute Gasteiger partial charge is 0.258 e. The molecule has 3 aromatic rings. The van der Waals surface area contributed by atoms with Crippen LogP contribution < -0.4 is 15.5 Å². The topological polar surface area (TPSA) is 78.5 Å². The number of rotatable bonds is 5. The Balaban J connectivity index is 1.20. The van der Waals surface area contributed by atoms with Gasteiger partial charge in [0.2, 0.25) is 5.91 Å². The minimum absolute atomic E-state index is 0.0340. The third-order valence-electron chi connectivity index (χ3n) is 6.38. The zero-order chi connectivity index (χ0) is 22.9. The predicted octanol–water partition coefficient (Wildman–Crippen LogP) is 4.74. The highest BCUT2D eigenvalue weighted by Crippen LogP contribution is 2.38. The lowest BCUT2D eigenvalue weighted by molar-refractivity contribution is -0.117. The third kappa shape index (κ3) is 4.37. The number of hydrogen-bond acceptors (Lipinski definition) is 3. The molecule has 33 heavy (non-hydrogen) atoms. The molecule has 1 aliphatic heterocycles. The Labute approximate surface area is 192 Å².